The molecule has 0 spiro atoms. The average Bonchev–Trinajstić information content (AvgIpc) is 2.78. The Morgan fingerprint density at radius 1 is 1.33 bits per heavy atom. The quantitative estimate of drug-likeness (QED) is 0.927. The maximum Gasteiger partial charge on any atom is 0.168 e. The van der Waals surface area contributed by atoms with E-state index in [0.717, 1.165) is 10.9 Å². The summed E-state index contributed by atoms with van der Waals surface area (Å²) in [5, 5.41) is 7.09. The molecule has 3 nitrogen and oxygen atoms in total. The van der Waals surface area contributed by atoms with Gasteiger partial charge in [-0.3, -0.25) is 0 Å². The van der Waals surface area contributed by atoms with Crippen molar-refractivity contribution < 1.29 is 8.78 Å². The van der Waals surface area contributed by atoms with E-state index in [0.29, 0.717) is 18.3 Å². The first-order valence-corrected chi connectivity index (χ1v) is 6.36. The summed E-state index contributed by atoms with van der Waals surface area (Å²) in [5.74, 6) is -1.75. The lowest BCUT2D eigenvalue weighted by Crippen LogP contribution is -2.21. The number of hydrogen-bond acceptors (Lipinski definition) is 4. The van der Waals surface area contributed by atoms with Gasteiger partial charge >= 0.3 is 0 Å². The van der Waals surface area contributed by atoms with Gasteiger partial charge in [0, 0.05) is 18.2 Å². The molecule has 1 N–H and O–H groups in total. The van der Waals surface area contributed by atoms with E-state index < -0.39 is 11.6 Å². The Bertz CT molecular complexity index is 540. The second-order valence-corrected chi connectivity index (χ2v) is 5.02. The van der Waals surface area contributed by atoms with E-state index >= 15 is 0 Å². The van der Waals surface area contributed by atoms with Crippen molar-refractivity contribution >= 4 is 11.5 Å². The van der Waals surface area contributed by atoms with Gasteiger partial charge in [0.05, 0.1) is 4.88 Å². The van der Waals surface area contributed by atoms with E-state index in [1.54, 1.807) is 0 Å². The predicted octanol–water partition coefficient (Wildman–Crippen LogP) is 2.98. The van der Waals surface area contributed by atoms with Gasteiger partial charge in [0.15, 0.2) is 11.6 Å². The van der Waals surface area contributed by atoms with Crippen molar-refractivity contribution in [3.63, 3.8) is 0 Å². The lowest BCUT2D eigenvalue weighted by atomic mass is 10.1. The minimum absolute atomic E-state index is 0.157. The van der Waals surface area contributed by atoms with Gasteiger partial charge in [0.1, 0.15) is 5.69 Å². The summed E-state index contributed by atoms with van der Waals surface area (Å²) in [4.78, 5) is 0.799. The van der Waals surface area contributed by atoms with Crippen LogP contribution >= 0.6 is 11.5 Å². The summed E-state index contributed by atoms with van der Waals surface area (Å²) >= 11 is 1.19. The zero-order valence-corrected chi connectivity index (χ0v) is 10.9. The molecule has 0 saturated carbocycles. The third-order valence-electron chi connectivity index (χ3n) is 2.43. The van der Waals surface area contributed by atoms with Gasteiger partial charge < -0.3 is 5.32 Å². The van der Waals surface area contributed by atoms with E-state index in [9.17, 15) is 8.78 Å². The van der Waals surface area contributed by atoms with Gasteiger partial charge in [-0.2, -0.15) is 0 Å². The fourth-order valence-electron chi connectivity index (χ4n) is 1.51. The van der Waals surface area contributed by atoms with Crippen LogP contribution in [-0.2, 0) is 6.54 Å². The van der Waals surface area contributed by atoms with E-state index in [2.05, 4.69) is 14.9 Å². The largest absolute Gasteiger partial charge is 0.310 e. The molecule has 1 heterocycles. The van der Waals surface area contributed by atoms with Crippen molar-refractivity contribution in [1.82, 2.24) is 14.9 Å². The van der Waals surface area contributed by atoms with E-state index in [4.69, 9.17) is 0 Å². The molecule has 2 aromatic rings. The maximum absolute atomic E-state index is 13.7. The zero-order chi connectivity index (χ0) is 13.1. The lowest BCUT2D eigenvalue weighted by molar-refractivity contribution is 0.510. The summed E-state index contributed by atoms with van der Waals surface area (Å²) in [7, 11) is 0. The highest BCUT2D eigenvalue weighted by molar-refractivity contribution is 7.05. The summed E-state index contributed by atoms with van der Waals surface area (Å²) in [6, 6.07) is 4.36. The van der Waals surface area contributed by atoms with Crippen LogP contribution in [0.2, 0.25) is 0 Å². The van der Waals surface area contributed by atoms with Crippen molar-refractivity contribution in [2.45, 2.75) is 26.4 Å². The topological polar surface area (TPSA) is 37.8 Å². The monoisotopic (exact) mass is 269 g/mol. The minimum Gasteiger partial charge on any atom is -0.310 e. The molecule has 1 aromatic carbocycles. The van der Waals surface area contributed by atoms with Crippen LogP contribution in [0.25, 0.3) is 11.3 Å². The highest BCUT2D eigenvalue weighted by Gasteiger charge is 2.16. The van der Waals surface area contributed by atoms with Crippen LogP contribution in [0.1, 0.15) is 18.7 Å². The van der Waals surface area contributed by atoms with Gasteiger partial charge in [0.2, 0.25) is 0 Å². The zero-order valence-electron chi connectivity index (χ0n) is 10.1. The maximum atomic E-state index is 13.7. The van der Waals surface area contributed by atoms with E-state index in [-0.39, 0.29) is 5.56 Å². The molecular weight excluding hydrogens is 256 g/mol. The van der Waals surface area contributed by atoms with E-state index in [1.807, 2.05) is 13.8 Å². The highest BCUT2D eigenvalue weighted by atomic mass is 32.1. The Kier molecular flexibility index (Phi) is 3.98. The lowest BCUT2D eigenvalue weighted by Gasteiger charge is -2.07. The summed E-state index contributed by atoms with van der Waals surface area (Å²) in [6.07, 6.45) is 0. The summed E-state index contributed by atoms with van der Waals surface area (Å²) in [6.45, 7) is 4.56. The molecule has 0 amide bonds. The number of nitrogens with one attached hydrogen (secondary N) is 1. The van der Waals surface area contributed by atoms with Gasteiger partial charge in [0.25, 0.3) is 0 Å². The first-order valence-electron chi connectivity index (χ1n) is 5.58. The molecule has 0 radical (unpaired) electrons. The van der Waals surface area contributed by atoms with Gasteiger partial charge in [-0.15, -0.1) is 5.10 Å². The Morgan fingerprint density at radius 2 is 2.11 bits per heavy atom. The number of benzene rings is 1. The van der Waals surface area contributed by atoms with Crippen molar-refractivity contribution in [3.8, 4) is 11.3 Å². The van der Waals surface area contributed by atoms with Gasteiger partial charge in [-0.25, -0.2) is 8.78 Å². The SMILES string of the molecule is CC(C)NCc1snnc1-c1cccc(F)c1F. The van der Waals surface area contributed by atoms with Crippen LogP contribution in [-0.4, -0.2) is 15.6 Å². The molecule has 18 heavy (non-hydrogen) atoms. The van der Waals surface area contributed by atoms with Crippen molar-refractivity contribution in [1.29, 1.82) is 0 Å². The fourth-order valence-corrected chi connectivity index (χ4v) is 2.12. The first kappa shape index (κ1) is 13.0. The molecule has 0 unspecified atom stereocenters. The van der Waals surface area contributed by atoms with E-state index in [1.165, 1.54) is 23.7 Å². The predicted molar refractivity (Wildman–Crippen MR) is 67.2 cm³/mol. The molecule has 0 atom stereocenters. The molecule has 2 rings (SSSR count). The molecular formula is C12H13F2N3S. The Hall–Kier alpha value is -1.40. The number of hydrogen-bond donors (Lipinski definition) is 1. The van der Waals surface area contributed by atoms with Crippen LogP contribution in [0.4, 0.5) is 8.78 Å². The summed E-state index contributed by atoms with van der Waals surface area (Å²) < 4.78 is 30.7. The second kappa shape index (κ2) is 5.49. The van der Waals surface area contributed by atoms with Crippen LogP contribution < -0.4 is 5.32 Å². The minimum atomic E-state index is -0.879. The number of rotatable bonds is 4. The molecule has 0 aliphatic carbocycles. The molecule has 1 aromatic heterocycles. The number of nitrogens with zero attached hydrogens (tertiary/aromatic N) is 2. The smallest absolute Gasteiger partial charge is 0.168 e. The van der Waals surface area contributed by atoms with Crippen molar-refractivity contribution in [2.24, 2.45) is 0 Å². The molecule has 0 bridgehead atoms. The number of halogens is 2. The molecule has 0 saturated heterocycles. The average molecular weight is 269 g/mol. The van der Waals surface area contributed by atoms with Crippen LogP contribution in [0.5, 0.6) is 0 Å². The Labute approximate surface area is 108 Å². The molecule has 0 aliphatic heterocycles. The van der Waals surface area contributed by atoms with Crippen LogP contribution in [0, 0.1) is 11.6 Å². The second-order valence-electron chi connectivity index (χ2n) is 4.18. The highest BCUT2D eigenvalue weighted by Crippen LogP contribution is 2.27. The Balaban J connectivity index is 2.33. The Morgan fingerprint density at radius 3 is 2.83 bits per heavy atom. The van der Waals surface area contributed by atoms with Crippen LogP contribution in [0.15, 0.2) is 18.2 Å². The number of aromatic nitrogens is 2. The molecule has 0 aliphatic rings. The standard InChI is InChI=1S/C12H13F2N3S/c1-7(2)15-6-10-12(16-17-18-10)8-4-3-5-9(13)11(8)14/h3-5,7,15H,6H2,1-2H3. The summed E-state index contributed by atoms with van der Waals surface area (Å²) in [5.41, 5.74) is 0.564. The van der Waals surface area contributed by atoms with Crippen molar-refractivity contribution in [2.75, 3.05) is 0 Å². The van der Waals surface area contributed by atoms with Gasteiger partial charge in [-0.1, -0.05) is 24.4 Å². The molecule has 0 fully saturated rings. The fraction of sp³-hybridized carbons (Fsp3) is 0.333. The normalized spacial score (nSPS) is 11.2. The van der Waals surface area contributed by atoms with Crippen molar-refractivity contribution in [3.05, 3.63) is 34.7 Å². The van der Waals surface area contributed by atoms with Crippen LogP contribution in [0.3, 0.4) is 0 Å². The third kappa shape index (κ3) is 2.70. The van der Waals surface area contributed by atoms with Gasteiger partial charge in [-0.05, 0) is 23.7 Å². The first-order chi connectivity index (χ1) is 8.59. The molecule has 96 valence electrons. The molecule has 6 heteroatoms. The third-order valence-corrected chi connectivity index (χ3v) is 3.15.